The van der Waals surface area contributed by atoms with Crippen molar-refractivity contribution in [1.29, 1.82) is 0 Å². The molecule has 5 nitrogen and oxygen atoms in total. The Hall–Kier alpha value is -3.34. The molecule has 3 aromatic rings. The molecule has 2 aromatic carbocycles. The van der Waals surface area contributed by atoms with Gasteiger partial charge >= 0.3 is 5.97 Å². The zero-order valence-electron chi connectivity index (χ0n) is 16.1. The Kier molecular flexibility index (Phi) is 6.27. The van der Waals surface area contributed by atoms with Crippen LogP contribution < -0.4 is 0 Å². The van der Waals surface area contributed by atoms with Crippen molar-refractivity contribution < 1.29 is 14.3 Å². The average Bonchev–Trinajstić information content (AvgIpc) is 3.29. The van der Waals surface area contributed by atoms with Crippen molar-refractivity contribution in [3.8, 4) is 5.69 Å². The topological polar surface area (TPSA) is 51.5 Å². The molecule has 3 rings (SSSR count). The lowest BCUT2D eigenvalue weighted by Gasteiger charge is -2.29. The number of hydrogen-bond acceptors (Lipinski definition) is 3. The highest BCUT2D eigenvalue weighted by Gasteiger charge is 2.23. The highest BCUT2D eigenvalue weighted by atomic mass is 16.5. The molecule has 144 valence electrons. The number of benzene rings is 2. The van der Waals surface area contributed by atoms with Gasteiger partial charge in [0.15, 0.2) is 0 Å². The minimum Gasteiger partial charge on any atom is -0.469 e. The van der Waals surface area contributed by atoms with Crippen LogP contribution in [0.2, 0.25) is 0 Å². The van der Waals surface area contributed by atoms with Crippen LogP contribution >= 0.6 is 0 Å². The second-order valence-electron chi connectivity index (χ2n) is 6.55. The third-order valence-corrected chi connectivity index (χ3v) is 4.81. The lowest BCUT2D eigenvalue weighted by Crippen LogP contribution is -2.35. The summed E-state index contributed by atoms with van der Waals surface area (Å²) in [6.45, 7) is 2.26. The molecule has 0 N–H and O–H groups in total. The van der Waals surface area contributed by atoms with E-state index in [1.807, 2.05) is 90.6 Å². The van der Waals surface area contributed by atoms with Crippen LogP contribution in [0.5, 0.6) is 0 Å². The van der Waals surface area contributed by atoms with Crippen LogP contribution in [0.25, 0.3) is 5.69 Å². The largest absolute Gasteiger partial charge is 0.469 e. The van der Waals surface area contributed by atoms with E-state index < -0.39 is 0 Å². The monoisotopic (exact) mass is 376 g/mol. The third kappa shape index (κ3) is 4.49. The molecule has 0 saturated carbocycles. The second kappa shape index (κ2) is 9.04. The van der Waals surface area contributed by atoms with Crippen LogP contribution in [0.3, 0.4) is 0 Å². The average molecular weight is 376 g/mol. The maximum Gasteiger partial charge on any atom is 0.307 e. The summed E-state index contributed by atoms with van der Waals surface area (Å²) >= 11 is 0. The minimum atomic E-state index is -0.332. The number of methoxy groups -OCH3 is 1. The van der Waals surface area contributed by atoms with Crippen molar-refractivity contribution in [3.05, 3.63) is 90.3 Å². The van der Waals surface area contributed by atoms with Gasteiger partial charge in [-0.25, -0.2) is 0 Å². The molecule has 0 radical (unpaired) electrons. The van der Waals surface area contributed by atoms with Gasteiger partial charge in [-0.1, -0.05) is 30.3 Å². The Morgan fingerprint density at radius 1 is 0.964 bits per heavy atom. The van der Waals surface area contributed by atoms with E-state index in [1.165, 1.54) is 7.11 Å². The summed E-state index contributed by atoms with van der Waals surface area (Å²) in [5, 5.41) is 0. The van der Waals surface area contributed by atoms with Gasteiger partial charge in [-0.3, -0.25) is 9.59 Å². The number of ether oxygens (including phenoxy) is 1. The molecule has 5 heteroatoms. The van der Waals surface area contributed by atoms with E-state index in [1.54, 1.807) is 4.90 Å². The molecular formula is C23H24N2O3. The number of nitrogens with zero attached hydrogens (tertiary/aromatic N) is 2. The molecule has 0 aliphatic rings. The summed E-state index contributed by atoms with van der Waals surface area (Å²) in [5.41, 5.74) is 2.59. The SMILES string of the molecule is COC(=O)CCN(C(=O)c1ccc(-n2cccc2)cc1)C(C)c1ccccc1. The number of amides is 1. The Morgan fingerprint density at radius 3 is 2.21 bits per heavy atom. The van der Waals surface area contributed by atoms with Crippen LogP contribution in [-0.2, 0) is 9.53 Å². The summed E-state index contributed by atoms with van der Waals surface area (Å²) < 4.78 is 6.73. The van der Waals surface area contributed by atoms with E-state index in [9.17, 15) is 9.59 Å². The van der Waals surface area contributed by atoms with Crippen molar-refractivity contribution in [1.82, 2.24) is 9.47 Å². The fraction of sp³-hybridized carbons (Fsp3) is 0.217. The Bertz CT molecular complexity index is 903. The lowest BCUT2D eigenvalue weighted by molar-refractivity contribution is -0.140. The number of carbonyl (C=O) groups is 2. The molecule has 1 unspecified atom stereocenters. The molecule has 0 fully saturated rings. The normalized spacial score (nSPS) is 11.6. The van der Waals surface area contributed by atoms with Crippen LogP contribution in [0.15, 0.2) is 79.1 Å². The zero-order chi connectivity index (χ0) is 19.9. The van der Waals surface area contributed by atoms with Gasteiger partial charge in [0.25, 0.3) is 5.91 Å². The van der Waals surface area contributed by atoms with E-state index in [-0.39, 0.29) is 24.3 Å². The zero-order valence-corrected chi connectivity index (χ0v) is 16.1. The van der Waals surface area contributed by atoms with Crippen LogP contribution in [0.1, 0.15) is 35.3 Å². The molecule has 0 aliphatic carbocycles. The lowest BCUT2D eigenvalue weighted by atomic mass is 10.0. The first kappa shape index (κ1) is 19.4. The fourth-order valence-electron chi connectivity index (χ4n) is 3.14. The molecular weight excluding hydrogens is 352 g/mol. The molecule has 28 heavy (non-hydrogen) atoms. The summed E-state index contributed by atoms with van der Waals surface area (Å²) in [7, 11) is 1.36. The van der Waals surface area contributed by atoms with E-state index in [2.05, 4.69) is 0 Å². The molecule has 1 atom stereocenters. The Labute approximate surface area is 165 Å². The van der Waals surface area contributed by atoms with Crippen molar-refractivity contribution in [3.63, 3.8) is 0 Å². The minimum absolute atomic E-state index is 0.112. The number of esters is 1. The van der Waals surface area contributed by atoms with Crippen LogP contribution in [-0.4, -0.2) is 35.0 Å². The first-order valence-corrected chi connectivity index (χ1v) is 9.26. The smallest absolute Gasteiger partial charge is 0.307 e. The van der Waals surface area contributed by atoms with Gasteiger partial charge in [0.1, 0.15) is 0 Å². The fourth-order valence-corrected chi connectivity index (χ4v) is 3.14. The van der Waals surface area contributed by atoms with Crippen molar-refractivity contribution in [2.75, 3.05) is 13.7 Å². The highest BCUT2D eigenvalue weighted by molar-refractivity contribution is 5.95. The van der Waals surface area contributed by atoms with Gasteiger partial charge in [0.2, 0.25) is 0 Å². The van der Waals surface area contributed by atoms with Crippen molar-refractivity contribution in [2.24, 2.45) is 0 Å². The predicted octanol–water partition coefficient (Wildman–Crippen LogP) is 4.24. The van der Waals surface area contributed by atoms with Gasteiger partial charge in [-0.15, -0.1) is 0 Å². The summed E-state index contributed by atoms with van der Waals surface area (Å²) in [6.07, 6.45) is 4.06. The first-order valence-electron chi connectivity index (χ1n) is 9.26. The van der Waals surface area contributed by atoms with Gasteiger partial charge in [-0.2, -0.15) is 0 Å². The van der Waals surface area contributed by atoms with Crippen molar-refractivity contribution >= 4 is 11.9 Å². The summed E-state index contributed by atoms with van der Waals surface area (Å²) in [6, 6.07) is 21.0. The van der Waals surface area contributed by atoms with E-state index in [0.717, 1.165) is 11.3 Å². The van der Waals surface area contributed by atoms with Crippen molar-refractivity contribution in [2.45, 2.75) is 19.4 Å². The van der Waals surface area contributed by atoms with E-state index in [0.29, 0.717) is 12.1 Å². The van der Waals surface area contributed by atoms with Crippen LogP contribution in [0.4, 0.5) is 0 Å². The third-order valence-electron chi connectivity index (χ3n) is 4.81. The molecule has 0 spiro atoms. The van der Waals surface area contributed by atoms with Gasteiger partial charge in [0.05, 0.1) is 19.6 Å². The summed E-state index contributed by atoms with van der Waals surface area (Å²) in [4.78, 5) is 26.6. The molecule has 0 aliphatic heterocycles. The van der Waals surface area contributed by atoms with Gasteiger partial charge in [-0.05, 0) is 48.9 Å². The highest BCUT2D eigenvalue weighted by Crippen LogP contribution is 2.23. The van der Waals surface area contributed by atoms with E-state index >= 15 is 0 Å². The molecule has 0 saturated heterocycles. The van der Waals surface area contributed by atoms with Gasteiger partial charge in [0, 0.05) is 30.2 Å². The molecule has 0 bridgehead atoms. The second-order valence-corrected chi connectivity index (χ2v) is 6.55. The Balaban J connectivity index is 1.83. The number of carbonyl (C=O) groups excluding carboxylic acids is 2. The maximum absolute atomic E-state index is 13.2. The number of hydrogen-bond donors (Lipinski definition) is 0. The van der Waals surface area contributed by atoms with E-state index in [4.69, 9.17) is 4.74 Å². The summed E-state index contributed by atoms with van der Waals surface area (Å²) in [5.74, 6) is -0.444. The molecule has 1 amide bonds. The molecule has 1 heterocycles. The predicted molar refractivity (Wildman–Crippen MR) is 108 cm³/mol. The standard InChI is InChI=1S/C23H24N2O3/c1-18(19-8-4-3-5-9-19)25(17-14-22(26)28-2)23(27)20-10-12-21(13-11-20)24-15-6-7-16-24/h3-13,15-16,18H,14,17H2,1-2H3. The van der Waals surface area contributed by atoms with Gasteiger partial charge < -0.3 is 14.2 Å². The Morgan fingerprint density at radius 2 is 1.61 bits per heavy atom. The first-order chi connectivity index (χ1) is 13.6. The number of aromatic nitrogens is 1. The molecule has 1 aromatic heterocycles. The maximum atomic E-state index is 13.2. The quantitative estimate of drug-likeness (QED) is 0.580. The van der Waals surface area contributed by atoms with Crippen LogP contribution in [0, 0.1) is 0 Å². The number of rotatable bonds is 7.